The number of aliphatic hydroxyl groups is 7. The van der Waals surface area contributed by atoms with Crippen molar-refractivity contribution in [1.29, 1.82) is 0 Å². The fourth-order valence-corrected chi connectivity index (χ4v) is 2.52. The van der Waals surface area contributed by atoms with Crippen LogP contribution in [-0.4, -0.2) is 104 Å². The standard InChI is InChI=1S/C12H22O10/c1-3-5(14)6(15)9(18)12(20-3)22-10-4(2-13)21-11(19)8(17)7(10)16/h3-19H,2H2,1H3/t3-,4+,5+,6+,7+,8+,9-,10-,11?,12+/m0/s1. The van der Waals surface area contributed by atoms with E-state index in [-0.39, 0.29) is 0 Å². The summed E-state index contributed by atoms with van der Waals surface area (Å²) in [6, 6.07) is 0. The van der Waals surface area contributed by atoms with Crippen molar-refractivity contribution in [1.82, 2.24) is 0 Å². The van der Waals surface area contributed by atoms with E-state index in [1.807, 2.05) is 0 Å². The fourth-order valence-electron chi connectivity index (χ4n) is 2.52. The van der Waals surface area contributed by atoms with Crippen LogP contribution in [0.5, 0.6) is 0 Å². The summed E-state index contributed by atoms with van der Waals surface area (Å²) in [7, 11) is 0. The van der Waals surface area contributed by atoms with Crippen molar-refractivity contribution in [3.05, 3.63) is 0 Å². The minimum atomic E-state index is -1.70. The molecule has 22 heavy (non-hydrogen) atoms. The third-order valence-corrected chi connectivity index (χ3v) is 3.94. The molecule has 2 fully saturated rings. The molecule has 10 heteroatoms. The molecule has 2 aliphatic rings. The first-order valence-corrected chi connectivity index (χ1v) is 6.93. The molecule has 0 amide bonds. The van der Waals surface area contributed by atoms with Crippen LogP contribution in [0.25, 0.3) is 0 Å². The fraction of sp³-hybridized carbons (Fsp3) is 1.00. The maximum absolute atomic E-state index is 9.93. The zero-order valence-corrected chi connectivity index (χ0v) is 11.8. The van der Waals surface area contributed by atoms with Gasteiger partial charge in [0.15, 0.2) is 12.6 Å². The monoisotopic (exact) mass is 326 g/mol. The van der Waals surface area contributed by atoms with Crippen LogP contribution in [0.2, 0.25) is 0 Å². The summed E-state index contributed by atoms with van der Waals surface area (Å²) in [5.74, 6) is 0. The Hall–Kier alpha value is -0.400. The number of hydrogen-bond acceptors (Lipinski definition) is 10. The van der Waals surface area contributed by atoms with Crippen molar-refractivity contribution in [2.75, 3.05) is 6.61 Å². The summed E-state index contributed by atoms with van der Waals surface area (Å²) in [5, 5.41) is 67.3. The third-order valence-electron chi connectivity index (χ3n) is 3.94. The highest BCUT2D eigenvalue weighted by Crippen LogP contribution is 2.28. The quantitative estimate of drug-likeness (QED) is 0.269. The van der Waals surface area contributed by atoms with Crippen LogP contribution in [0.1, 0.15) is 6.92 Å². The predicted molar refractivity (Wildman–Crippen MR) is 67.2 cm³/mol. The molecule has 2 aliphatic heterocycles. The van der Waals surface area contributed by atoms with Gasteiger partial charge in [-0.05, 0) is 6.92 Å². The van der Waals surface area contributed by atoms with Gasteiger partial charge in [-0.2, -0.15) is 0 Å². The van der Waals surface area contributed by atoms with Gasteiger partial charge in [0.2, 0.25) is 0 Å². The van der Waals surface area contributed by atoms with E-state index in [0.717, 1.165) is 0 Å². The van der Waals surface area contributed by atoms with Crippen LogP contribution in [0.4, 0.5) is 0 Å². The van der Waals surface area contributed by atoms with Crippen LogP contribution in [0, 0.1) is 0 Å². The lowest BCUT2D eigenvalue weighted by Gasteiger charge is -2.44. The number of ether oxygens (including phenoxy) is 3. The van der Waals surface area contributed by atoms with Crippen LogP contribution >= 0.6 is 0 Å². The smallest absolute Gasteiger partial charge is 0.187 e. The first-order chi connectivity index (χ1) is 10.3. The summed E-state index contributed by atoms with van der Waals surface area (Å²) in [6.07, 6.45) is -14.2. The molecular weight excluding hydrogens is 304 g/mol. The first kappa shape index (κ1) is 17.9. The van der Waals surface area contributed by atoms with Crippen molar-refractivity contribution in [2.45, 2.75) is 68.3 Å². The zero-order valence-electron chi connectivity index (χ0n) is 11.8. The molecule has 0 aromatic carbocycles. The van der Waals surface area contributed by atoms with Gasteiger partial charge in [-0.25, -0.2) is 0 Å². The van der Waals surface area contributed by atoms with Gasteiger partial charge in [-0.15, -0.1) is 0 Å². The predicted octanol–water partition coefficient (Wildman–Crippen LogP) is -4.37. The summed E-state index contributed by atoms with van der Waals surface area (Å²) in [6.45, 7) is 0.821. The molecule has 2 heterocycles. The summed E-state index contributed by atoms with van der Waals surface area (Å²) in [4.78, 5) is 0. The van der Waals surface area contributed by atoms with Crippen molar-refractivity contribution in [3.8, 4) is 0 Å². The Morgan fingerprint density at radius 1 is 0.818 bits per heavy atom. The lowest BCUT2D eigenvalue weighted by molar-refractivity contribution is -0.352. The topological polar surface area (TPSA) is 169 Å². The second-order valence-corrected chi connectivity index (χ2v) is 5.51. The summed E-state index contributed by atoms with van der Waals surface area (Å²) < 4.78 is 15.4. The van der Waals surface area contributed by atoms with Gasteiger partial charge >= 0.3 is 0 Å². The molecular formula is C12H22O10. The number of hydrogen-bond donors (Lipinski definition) is 7. The van der Waals surface area contributed by atoms with Gasteiger partial charge in [-0.1, -0.05) is 0 Å². The van der Waals surface area contributed by atoms with E-state index in [2.05, 4.69) is 0 Å². The summed E-state index contributed by atoms with van der Waals surface area (Å²) in [5.41, 5.74) is 0. The maximum Gasteiger partial charge on any atom is 0.187 e. The highest BCUT2D eigenvalue weighted by molar-refractivity contribution is 4.93. The van der Waals surface area contributed by atoms with Gasteiger partial charge in [0.25, 0.3) is 0 Å². The number of rotatable bonds is 3. The Balaban J connectivity index is 2.10. The zero-order chi connectivity index (χ0) is 16.6. The Bertz CT molecular complexity index is 366. The molecule has 0 bridgehead atoms. The molecule has 130 valence electrons. The highest BCUT2D eigenvalue weighted by Gasteiger charge is 2.49. The molecule has 2 saturated heterocycles. The first-order valence-electron chi connectivity index (χ1n) is 6.93. The Morgan fingerprint density at radius 2 is 1.45 bits per heavy atom. The molecule has 7 N–H and O–H groups in total. The van der Waals surface area contributed by atoms with Gasteiger partial charge < -0.3 is 50.0 Å². The Labute approximate surface area is 126 Å². The van der Waals surface area contributed by atoms with E-state index < -0.39 is 68.0 Å². The summed E-state index contributed by atoms with van der Waals surface area (Å²) >= 11 is 0. The molecule has 0 aromatic rings. The van der Waals surface area contributed by atoms with Gasteiger partial charge in [0.1, 0.15) is 42.7 Å². The average molecular weight is 326 g/mol. The van der Waals surface area contributed by atoms with Crippen molar-refractivity contribution < 1.29 is 50.0 Å². The van der Waals surface area contributed by atoms with E-state index >= 15 is 0 Å². The van der Waals surface area contributed by atoms with E-state index in [1.165, 1.54) is 6.92 Å². The molecule has 0 radical (unpaired) electrons. The molecule has 2 rings (SSSR count). The molecule has 10 atom stereocenters. The highest BCUT2D eigenvalue weighted by atomic mass is 16.7. The van der Waals surface area contributed by atoms with Crippen LogP contribution in [0.15, 0.2) is 0 Å². The van der Waals surface area contributed by atoms with E-state index in [4.69, 9.17) is 14.2 Å². The Morgan fingerprint density at radius 3 is 2.05 bits per heavy atom. The maximum atomic E-state index is 9.93. The van der Waals surface area contributed by atoms with E-state index in [1.54, 1.807) is 0 Å². The second kappa shape index (κ2) is 7.01. The second-order valence-electron chi connectivity index (χ2n) is 5.51. The van der Waals surface area contributed by atoms with Crippen molar-refractivity contribution in [2.24, 2.45) is 0 Å². The van der Waals surface area contributed by atoms with E-state index in [9.17, 15) is 35.7 Å². The molecule has 0 saturated carbocycles. The van der Waals surface area contributed by atoms with Crippen LogP contribution in [0.3, 0.4) is 0 Å². The van der Waals surface area contributed by atoms with Crippen molar-refractivity contribution in [3.63, 3.8) is 0 Å². The molecule has 0 spiro atoms. The van der Waals surface area contributed by atoms with Gasteiger partial charge in [0.05, 0.1) is 12.7 Å². The largest absolute Gasteiger partial charge is 0.394 e. The minimum Gasteiger partial charge on any atom is -0.394 e. The SMILES string of the molecule is C[C@@H]1O[C@H](O[C@@H]2[C@H](O)[C@@H](O)C(O)O[C@@H]2CO)[C@@H](O)[C@H](O)[C@@H]1O. The van der Waals surface area contributed by atoms with Gasteiger partial charge in [-0.3, -0.25) is 0 Å². The van der Waals surface area contributed by atoms with Gasteiger partial charge in [0, 0.05) is 0 Å². The number of aliphatic hydroxyl groups excluding tert-OH is 7. The molecule has 0 aliphatic carbocycles. The minimum absolute atomic E-state index is 0.630. The van der Waals surface area contributed by atoms with Crippen molar-refractivity contribution >= 4 is 0 Å². The van der Waals surface area contributed by atoms with Crippen LogP contribution in [-0.2, 0) is 14.2 Å². The van der Waals surface area contributed by atoms with Crippen LogP contribution < -0.4 is 0 Å². The molecule has 0 aromatic heterocycles. The Kier molecular flexibility index (Phi) is 5.72. The molecule has 1 unspecified atom stereocenters. The normalized spacial score (nSPS) is 53.5. The lowest BCUT2D eigenvalue weighted by atomic mass is 9.97. The molecule has 10 nitrogen and oxygen atoms in total. The van der Waals surface area contributed by atoms with E-state index in [0.29, 0.717) is 0 Å². The third kappa shape index (κ3) is 3.26. The lowest BCUT2D eigenvalue weighted by Crippen LogP contribution is -2.63. The average Bonchev–Trinajstić information content (AvgIpc) is 2.50.